The van der Waals surface area contributed by atoms with E-state index in [2.05, 4.69) is 64.5 Å². The first-order valence-electron chi connectivity index (χ1n) is 12.4. The highest BCUT2D eigenvalue weighted by Crippen LogP contribution is 2.35. The standard InChI is InChI=1S/C29H33N5O/c1-21-14-15-22(2)33(21)27-23(3)31-34(26-12-8-5-9-13-26)29(27)32-18-16-25(17-19-32)28(35)30-20-24-10-6-4-7-11-24/h4-15,25H,16-20H2,1-3H3,(H,30,35). The van der Waals surface area contributed by atoms with Crippen LogP contribution in [0.4, 0.5) is 5.82 Å². The average molecular weight is 468 g/mol. The lowest BCUT2D eigenvalue weighted by Crippen LogP contribution is -2.41. The Bertz CT molecular complexity index is 1280. The predicted octanol–water partition coefficient (Wildman–Crippen LogP) is 5.12. The number of piperidine rings is 1. The molecule has 6 nitrogen and oxygen atoms in total. The van der Waals surface area contributed by atoms with Crippen LogP contribution in [0.5, 0.6) is 0 Å². The topological polar surface area (TPSA) is 55.1 Å². The van der Waals surface area contributed by atoms with Crippen molar-refractivity contribution in [3.05, 3.63) is 95.4 Å². The van der Waals surface area contributed by atoms with Crippen molar-refractivity contribution in [3.63, 3.8) is 0 Å². The number of carbonyl (C=O) groups excluding carboxylic acids is 1. The van der Waals surface area contributed by atoms with Crippen molar-refractivity contribution in [1.29, 1.82) is 0 Å². The minimum Gasteiger partial charge on any atom is -0.355 e. The van der Waals surface area contributed by atoms with Gasteiger partial charge in [-0.2, -0.15) is 5.10 Å². The molecule has 1 aliphatic rings. The van der Waals surface area contributed by atoms with Crippen molar-refractivity contribution in [1.82, 2.24) is 19.7 Å². The average Bonchev–Trinajstić information content (AvgIpc) is 3.41. The summed E-state index contributed by atoms with van der Waals surface area (Å²) in [6, 6.07) is 24.7. The summed E-state index contributed by atoms with van der Waals surface area (Å²) in [7, 11) is 0. The zero-order valence-corrected chi connectivity index (χ0v) is 20.7. The second-order valence-corrected chi connectivity index (χ2v) is 9.42. The predicted molar refractivity (Wildman–Crippen MR) is 140 cm³/mol. The fraction of sp³-hybridized carbons (Fsp3) is 0.310. The van der Waals surface area contributed by atoms with Crippen LogP contribution < -0.4 is 10.2 Å². The molecule has 0 saturated carbocycles. The van der Waals surface area contributed by atoms with Crippen molar-refractivity contribution >= 4 is 11.7 Å². The highest BCUT2D eigenvalue weighted by atomic mass is 16.1. The Labute approximate surface area is 207 Å². The molecule has 1 amide bonds. The van der Waals surface area contributed by atoms with E-state index in [0.717, 1.165) is 54.4 Å². The van der Waals surface area contributed by atoms with Crippen molar-refractivity contribution in [2.75, 3.05) is 18.0 Å². The van der Waals surface area contributed by atoms with Gasteiger partial charge in [-0.05, 0) is 63.4 Å². The highest BCUT2D eigenvalue weighted by molar-refractivity contribution is 5.79. The molecule has 2 aromatic heterocycles. The molecule has 1 aliphatic heterocycles. The van der Waals surface area contributed by atoms with Gasteiger partial charge >= 0.3 is 0 Å². The van der Waals surface area contributed by atoms with E-state index in [0.29, 0.717) is 6.54 Å². The number of aromatic nitrogens is 3. The van der Waals surface area contributed by atoms with Gasteiger partial charge in [-0.3, -0.25) is 4.79 Å². The lowest BCUT2D eigenvalue weighted by atomic mass is 9.95. The monoisotopic (exact) mass is 467 g/mol. The number of nitrogens with zero attached hydrogens (tertiary/aromatic N) is 4. The summed E-state index contributed by atoms with van der Waals surface area (Å²) in [5, 5.41) is 8.12. The number of amides is 1. The number of hydrogen-bond donors (Lipinski definition) is 1. The maximum atomic E-state index is 12.9. The van der Waals surface area contributed by atoms with Crippen molar-refractivity contribution < 1.29 is 4.79 Å². The lowest BCUT2D eigenvalue weighted by Gasteiger charge is -2.34. The zero-order valence-electron chi connectivity index (χ0n) is 20.7. The summed E-state index contributed by atoms with van der Waals surface area (Å²) in [4.78, 5) is 15.3. The third-order valence-electron chi connectivity index (χ3n) is 6.98. The van der Waals surface area contributed by atoms with Crippen LogP contribution in [-0.2, 0) is 11.3 Å². The maximum Gasteiger partial charge on any atom is 0.223 e. The van der Waals surface area contributed by atoms with Gasteiger partial charge < -0.3 is 14.8 Å². The molecule has 1 N–H and O–H groups in total. The summed E-state index contributed by atoms with van der Waals surface area (Å²) < 4.78 is 4.37. The molecule has 4 aromatic rings. The molecule has 0 unspecified atom stereocenters. The third-order valence-corrected chi connectivity index (χ3v) is 6.98. The number of hydrogen-bond acceptors (Lipinski definition) is 3. The second kappa shape index (κ2) is 9.82. The molecule has 2 aromatic carbocycles. The molecule has 6 heteroatoms. The van der Waals surface area contributed by atoms with Crippen LogP contribution in [0.1, 0.15) is 35.5 Å². The Morgan fingerprint density at radius 3 is 2.11 bits per heavy atom. The Hall–Kier alpha value is -3.80. The van der Waals surface area contributed by atoms with Gasteiger partial charge in [0.15, 0.2) is 5.82 Å². The van der Waals surface area contributed by atoms with Crippen molar-refractivity contribution in [3.8, 4) is 11.4 Å². The van der Waals surface area contributed by atoms with E-state index in [1.165, 1.54) is 11.4 Å². The fourth-order valence-corrected chi connectivity index (χ4v) is 5.11. The highest BCUT2D eigenvalue weighted by Gasteiger charge is 2.30. The third kappa shape index (κ3) is 4.61. The van der Waals surface area contributed by atoms with E-state index in [1.807, 2.05) is 48.5 Å². The molecule has 180 valence electrons. The number of rotatable bonds is 6. The Morgan fingerprint density at radius 1 is 0.886 bits per heavy atom. The van der Waals surface area contributed by atoms with Gasteiger partial charge in [0.05, 0.1) is 11.4 Å². The van der Waals surface area contributed by atoms with E-state index >= 15 is 0 Å². The van der Waals surface area contributed by atoms with Crippen molar-refractivity contribution in [2.24, 2.45) is 5.92 Å². The van der Waals surface area contributed by atoms with Crippen LogP contribution in [0.15, 0.2) is 72.8 Å². The van der Waals surface area contributed by atoms with E-state index in [-0.39, 0.29) is 11.8 Å². The second-order valence-electron chi connectivity index (χ2n) is 9.42. The Balaban J connectivity index is 1.40. The summed E-state index contributed by atoms with van der Waals surface area (Å²) in [6.07, 6.45) is 1.64. The molecular formula is C29H33N5O. The summed E-state index contributed by atoms with van der Waals surface area (Å²) in [5.74, 6) is 1.28. The van der Waals surface area contributed by atoms with Gasteiger partial charge in [0.1, 0.15) is 5.69 Å². The summed E-state index contributed by atoms with van der Waals surface area (Å²) in [6.45, 7) is 8.57. The molecule has 3 heterocycles. The lowest BCUT2D eigenvalue weighted by molar-refractivity contribution is -0.125. The summed E-state index contributed by atoms with van der Waals surface area (Å²) >= 11 is 0. The fourth-order valence-electron chi connectivity index (χ4n) is 5.11. The Morgan fingerprint density at radius 2 is 1.49 bits per heavy atom. The van der Waals surface area contributed by atoms with Gasteiger partial charge in [-0.15, -0.1) is 0 Å². The van der Waals surface area contributed by atoms with Crippen LogP contribution >= 0.6 is 0 Å². The van der Waals surface area contributed by atoms with Gasteiger partial charge in [-0.25, -0.2) is 4.68 Å². The number of anilines is 1. The molecule has 0 atom stereocenters. The van der Waals surface area contributed by atoms with E-state index < -0.39 is 0 Å². The van der Waals surface area contributed by atoms with Gasteiger partial charge in [0.25, 0.3) is 0 Å². The molecule has 0 bridgehead atoms. The molecule has 1 saturated heterocycles. The number of para-hydroxylation sites is 1. The summed E-state index contributed by atoms with van der Waals surface area (Å²) in [5.41, 5.74) is 6.67. The SMILES string of the molecule is Cc1nn(-c2ccccc2)c(N2CCC(C(=O)NCc3ccccc3)CC2)c1-n1c(C)ccc1C. The minimum absolute atomic E-state index is 0.0302. The normalized spacial score (nSPS) is 14.3. The van der Waals surface area contributed by atoms with Gasteiger partial charge in [0.2, 0.25) is 5.91 Å². The number of nitrogens with one attached hydrogen (secondary N) is 1. The zero-order chi connectivity index (χ0) is 24.4. The molecule has 0 radical (unpaired) electrons. The molecule has 0 aliphatic carbocycles. The van der Waals surface area contributed by atoms with E-state index in [9.17, 15) is 4.79 Å². The number of aryl methyl sites for hydroxylation is 3. The number of benzene rings is 2. The quantitative estimate of drug-likeness (QED) is 0.428. The van der Waals surface area contributed by atoms with Crippen LogP contribution in [0, 0.1) is 26.7 Å². The largest absolute Gasteiger partial charge is 0.355 e. The van der Waals surface area contributed by atoms with Gasteiger partial charge in [0, 0.05) is 36.9 Å². The molecule has 0 spiro atoms. The van der Waals surface area contributed by atoms with Crippen LogP contribution in [0.3, 0.4) is 0 Å². The smallest absolute Gasteiger partial charge is 0.223 e. The Kier molecular flexibility index (Phi) is 6.45. The van der Waals surface area contributed by atoms with Gasteiger partial charge in [-0.1, -0.05) is 48.5 Å². The first-order chi connectivity index (χ1) is 17.0. The molecular weight excluding hydrogens is 434 g/mol. The van der Waals surface area contributed by atoms with Crippen LogP contribution in [0.25, 0.3) is 11.4 Å². The molecule has 35 heavy (non-hydrogen) atoms. The van der Waals surface area contributed by atoms with Crippen LogP contribution in [0.2, 0.25) is 0 Å². The number of carbonyl (C=O) groups is 1. The molecule has 5 rings (SSSR count). The maximum absolute atomic E-state index is 12.9. The van der Waals surface area contributed by atoms with Crippen LogP contribution in [-0.4, -0.2) is 33.3 Å². The first kappa shape index (κ1) is 23.0. The molecule has 1 fully saturated rings. The minimum atomic E-state index is 0.0302. The van der Waals surface area contributed by atoms with E-state index in [1.54, 1.807) is 0 Å². The van der Waals surface area contributed by atoms with E-state index in [4.69, 9.17) is 5.10 Å². The first-order valence-corrected chi connectivity index (χ1v) is 12.4. The van der Waals surface area contributed by atoms with Crippen molar-refractivity contribution in [2.45, 2.75) is 40.2 Å².